The predicted octanol–water partition coefficient (Wildman–Crippen LogP) is 1.33. The minimum Gasteiger partial charge on any atom is -0.481 e. The average Bonchev–Trinajstić information content (AvgIpc) is 2.96. The lowest BCUT2D eigenvalue weighted by Crippen LogP contribution is -2.39. The SMILES string of the molecule is CN(C)S(=O)(=O)c1ccsc1C(=O)N1CCC(CC(=O)O)CC1. The fourth-order valence-electron chi connectivity index (χ4n) is 2.58. The number of carboxylic acids is 1. The average molecular weight is 360 g/mol. The maximum atomic E-state index is 12.6. The Hall–Kier alpha value is -1.45. The molecule has 128 valence electrons. The third kappa shape index (κ3) is 3.91. The van der Waals surface area contributed by atoms with Crippen molar-refractivity contribution < 1.29 is 23.1 Å². The van der Waals surface area contributed by atoms with E-state index in [-0.39, 0.29) is 28.0 Å². The van der Waals surface area contributed by atoms with Gasteiger partial charge in [-0.15, -0.1) is 11.3 Å². The quantitative estimate of drug-likeness (QED) is 0.855. The standard InChI is InChI=1S/C14H20N2O5S2/c1-15(2)23(20,21)11-5-8-22-13(11)14(19)16-6-3-10(4-7-16)9-12(17)18/h5,8,10H,3-4,6-7,9H2,1-2H3,(H,17,18). The van der Waals surface area contributed by atoms with Crippen LogP contribution in [0.4, 0.5) is 0 Å². The van der Waals surface area contributed by atoms with Gasteiger partial charge in [0.05, 0.1) is 0 Å². The van der Waals surface area contributed by atoms with E-state index >= 15 is 0 Å². The van der Waals surface area contributed by atoms with Crippen LogP contribution < -0.4 is 0 Å². The zero-order valence-corrected chi connectivity index (χ0v) is 14.7. The molecule has 1 fully saturated rings. The van der Waals surface area contributed by atoms with Crippen molar-refractivity contribution in [1.82, 2.24) is 9.21 Å². The molecule has 0 unspecified atom stereocenters. The highest BCUT2D eigenvalue weighted by Crippen LogP contribution is 2.28. The lowest BCUT2D eigenvalue weighted by Gasteiger charge is -2.31. The number of carbonyl (C=O) groups is 2. The van der Waals surface area contributed by atoms with Crippen molar-refractivity contribution in [2.24, 2.45) is 5.92 Å². The third-order valence-corrected chi connectivity index (χ3v) is 6.84. The van der Waals surface area contributed by atoms with Gasteiger partial charge in [-0.2, -0.15) is 0 Å². The third-order valence-electron chi connectivity index (χ3n) is 3.95. The number of rotatable bonds is 5. The summed E-state index contributed by atoms with van der Waals surface area (Å²) in [6.07, 6.45) is 1.36. The maximum absolute atomic E-state index is 12.6. The minimum absolute atomic E-state index is 0.0326. The van der Waals surface area contributed by atoms with Gasteiger partial charge in [-0.05, 0) is 30.2 Å². The van der Waals surface area contributed by atoms with Crippen molar-refractivity contribution in [1.29, 1.82) is 0 Å². The van der Waals surface area contributed by atoms with Gasteiger partial charge in [-0.1, -0.05) is 0 Å². The first-order chi connectivity index (χ1) is 10.7. The topological polar surface area (TPSA) is 95.0 Å². The second kappa shape index (κ2) is 6.98. The number of aliphatic carboxylic acids is 1. The van der Waals surface area contributed by atoms with Crippen LogP contribution in [-0.4, -0.2) is 61.8 Å². The van der Waals surface area contributed by atoms with E-state index < -0.39 is 16.0 Å². The number of hydrogen-bond donors (Lipinski definition) is 1. The first-order valence-corrected chi connectivity index (χ1v) is 9.56. The van der Waals surface area contributed by atoms with E-state index in [2.05, 4.69) is 0 Å². The summed E-state index contributed by atoms with van der Waals surface area (Å²) in [5.41, 5.74) is 0. The number of amides is 1. The molecular formula is C14H20N2O5S2. The van der Waals surface area contributed by atoms with Crippen LogP contribution in [0.3, 0.4) is 0 Å². The van der Waals surface area contributed by atoms with E-state index in [0.29, 0.717) is 25.9 Å². The van der Waals surface area contributed by atoms with Crippen molar-refractivity contribution >= 4 is 33.2 Å². The molecule has 1 aromatic rings. The number of sulfonamides is 1. The van der Waals surface area contributed by atoms with Gasteiger partial charge >= 0.3 is 5.97 Å². The van der Waals surface area contributed by atoms with Crippen LogP contribution in [0, 0.1) is 5.92 Å². The number of likely N-dealkylation sites (tertiary alicyclic amines) is 1. The zero-order valence-electron chi connectivity index (χ0n) is 13.1. The van der Waals surface area contributed by atoms with E-state index in [1.807, 2.05) is 0 Å². The van der Waals surface area contributed by atoms with E-state index in [1.54, 1.807) is 10.3 Å². The molecule has 0 radical (unpaired) electrons. The summed E-state index contributed by atoms with van der Waals surface area (Å²) in [5, 5.41) is 10.4. The van der Waals surface area contributed by atoms with Crippen LogP contribution in [0.5, 0.6) is 0 Å². The second-order valence-electron chi connectivity index (χ2n) is 5.73. The van der Waals surface area contributed by atoms with Crippen molar-refractivity contribution in [3.63, 3.8) is 0 Å². The van der Waals surface area contributed by atoms with E-state index in [4.69, 9.17) is 5.11 Å². The molecule has 1 saturated heterocycles. The molecule has 2 rings (SSSR count). The molecule has 1 amide bonds. The Morgan fingerprint density at radius 1 is 1.35 bits per heavy atom. The van der Waals surface area contributed by atoms with Crippen LogP contribution >= 0.6 is 11.3 Å². The molecule has 7 nitrogen and oxygen atoms in total. The molecule has 9 heteroatoms. The Bertz CT molecular complexity index is 688. The van der Waals surface area contributed by atoms with Crippen LogP contribution in [0.2, 0.25) is 0 Å². The van der Waals surface area contributed by atoms with Gasteiger partial charge in [-0.25, -0.2) is 12.7 Å². The van der Waals surface area contributed by atoms with E-state index in [9.17, 15) is 18.0 Å². The summed E-state index contributed by atoms with van der Waals surface area (Å²) in [7, 11) is -0.798. The molecule has 0 aliphatic carbocycles. The Morgan fingerprint density at radius 2 is 1.96 bits per heavy atom. The number of carboxylic acid groups (broad SMARTS) is 1. The highest BCUT2D eigenvalue weighted by atomic mass is 32.2. The molecule has 1 N–H and O–H groups in total. The lowest BCUT2D eigenvalue weighted by atomic mass is 9.93. The lowest BCUT2D eigenvalue weighted by molar-refractivity contribution is -0.138. The molecule has 0 bridgehead atoms. The van der Waals surface area contributed by atoms with Gasteiger partial charge in [0.15, 0.2) is 0 Å². The Labute approximate surface area is 139 Å². The van der Waals surface area contributed by atoms with Crippen molar-refractivity contribution in [2.45, 2.75) is 24.2 Å². The van der Waals surface area contributed by atoms with E-state index in [0.717, 1.165) is 15.6 Å². The van der Waals surface area contributed by atoms with Gasteiger partial charge in [-0.3, -0.25) is 9.59 Å². The second-order valence-corrected chi connectivity index (χ2v) is 8.77. The van der Waals surface area contributed by atoms with Crippen LogP contribution in [0.15, 0.2) is 16.3 Å². The van der Waals surface area contributed by atoms with Crippen LogP contribution in [-0.2, 0) is 14.8 Å². The predicted molar refractivity (Wildman–Crippen MR) is 86.1 cm³/mol. The number of thiophene rings is 1. The molecule has 1 aliphatic heterocycles. The first kappa shape index (κ1) is 17.9. The Morgan fingerprint density at radius 3 is 2.48 bits per heavy atom. The summed E-state index contributed by atoms with van der Waals surface area (Å²) < 4.78 is 25.6. The molecule has 0 saturated carbocycles. The molecule has 2 heterocycles. The highest BCUT2D eigenvalue weighted by molar-refractivity contribution is 7.89. The van der Waals surface area contributed by atoms with Crippen molar-refractivity contribution in [2.75, 3.05) is 27.2 Å². The first-order valence-electron chi connectivity index (χ1n) is 7.24. The monoisotopic (exact) mass is 360 g/mol. The summed E-state index contributed by atoms with van der Waals surface area (Å²) >= 11 is 1.12. The number of hydrogen-bond acceptors (Lipinski definition) is 5. The Kier molecular flexibility index (Phi) is 5.43. The summed E-state index contributed by atoms with van der Waals surface area (Å²) in [4.78, 5) is 25.2. The molecule has 23 heavy (non-hydrogen) atoms. The van der Waals surface area contributed by atoms with Gasteiger partial charge in [0.25, 0.3) is 5.91 Å². The molecule has 0 spiro atoms. The smallest absolute Gasteiger partial charge is 0.303 e. The molecular weight excluding hydrogens is 340 g/mol. The zero-order chi connectivity index (χ0) is 17.2. The van der Waals surface area contributed by atoms with Crippen LogP contribution in [0.25, 0.3) is 0 Å². The largest absolute Gasteiger partial charge is 0.481 e. The normalized spacial score (nSPS) is 16.7. The fraction of sp³-hybridized carbons (Fsp3) is 0.571. The molecule has 0 atom stereocenters. The number of nitrogens with zero attached hydrogens (tertiary/aromatic N) is 2. The number of piperidine rings is 1. The Balaban J connectivity index is 2.12. The van der Waals surface area contributed by atoms with Crippen molar-refractivity contribution in [3.8, 4) is 0 Å². The molecule has 1 aliphatic rings. The summed E-state index contributed by atoms with van der Waals surface area (Å²) in [6, 6.07) is 1.45. The summed E-state index contributed by atoms with van der Waals surface area (Å²) in [6.45, 7) is 0.909. The maximum Gasteiger partial charge on any atom is 0.303 e. The van der Waals surface area contributed by atoms with Gasteiger partial charge in [0.1, 0.15) is 9.77 Å². The minimum atomic E-state index is -3.66. The number of carbonyl (C=O) groups excluding carboxylic acids is 1. The van der Waals surface area contributed by atoms with Gasteiger partial charge in [0.2, 0.25) is 10.0 Å². The van der Waals surface area contributed by atoms with Gasteiger partial charge < -0.3 is 10.0 Å². The summed E-state index contributed by atoms with van der Waals surface area (Å²) in [5.74, 6) is -1.05. The molecule has 1 aromatic heterocycles. The highest BCUT2D eigenvalue weighted by Gasteiger charge is 2.31. The molecule has 0 aromatic carbocycles. The van der Waals surface area contributed by atoms with E-state index in [1.165, 1.54) is 20.2 Å². The fourth-order valence-corrected chi connectivity index (χ4v) is 4.84. The van der Waals surface area contributed by atoms with Crippen LogP contribution in [0.1, 0.15) is 28.9 Å². The van der Waals surface area contributed by atoms with Gasteiger partial charge in [0, 0.05) is 33.6 Å². The van der Waals surface area contributed by atoms with Crippen molar-refractivity contribution in [3.05, 3.63) is 16.3 Å².